The van der Waals surface area contributed by atoms with Crippen LogP contribution in [0.15, 0.2) is 41.6 Å². The number of nitriles is 1. The molecular formula is C17H18N4O. The SMILES string of the molecule is C/C(=N/OCCCc1cccc(C#N)n1)c1cccc(C)n1. The van der Waals surface area contributed by atoms with Crippen LogP contribution in [0.2, 0.25) is 0 Å². The van der Waals surface area contributed by atoms with Crippen molar-refractivity contribution in [2.75, 3.05) is 6.61 Å². The third-order valence-corrected chi connectivity index (χ3v) is 3.05. The highest BCUT2D eigenvalue weighted by atomic mass is 16.6. The fourth-order valence-electron chi connectivity index (χ4n) is 1.93. The molecular weight excluding hydrogens is 276 g/mol. The van der Waals surface area contributed by atoms with E-state index in [0.717, 1.165) is 35.6 Å². The molecule has 0 aromatic carbocycles. The Hall–Kier alpha value is -2.74. The lowest BCUT2D eigenvalue weighted by atomic mass is 10.2. The lowest BCUT2D eigenvalue weighted by molar-refractivity contribution is 0.141. The minimum Gasteiger partial charge on any atom is -0.396 e. The second kappa shape index (κ2) is 7.89. The number of hydrogen-bond acceptors (Lipinski definition) is 5. The summed E-state index contributed by atoms with van der Waals surface area (Å²) in [5, 5.41) is 12.9. The van der Waals surface area contributed by atoms with E-state index in [1.54, 1.807) is 6.07 Å². The molecule has 0 aliphatic rings. The van der Waals surface area contributed by atoms with Gasteiger partial charge in [-0.15, -0.1) is 0 Å². The van der Waals surface area contributed by atoms with Crippen molar-refractivity contribution in [2.24, 2.45) is 5.16 Å². The molecule has 0 aliphatic heterocycles. The topological polar surface area (TPSA) is 71.2 Å². The Balaban J connectivity index is 1.79. The third-order valence-electron chi connectivity index (χ3n) is 3.05. The van der Waals surface area contributed by atoms with E-state index in [-0.39, 0.29) is 0 Å². The Morgan fingerprint density at radius 1 is 1.23 bits per heavy atom. The first-order chi connectivity index (χ1) is 10.7. The molecule has 2 rings (SSSR count). The van der Waals surface area contributed by atoms with Gasteiger partial charge in [-0.1, -0.05) is 17.3 Å². The van der Waals surface area contributed by atoms with E-state index in [9.17, 15) is 0 Å². The van der Waals surface area contributed by atoms with E-state index in [0.29, 0.717) is 12.3 Å². The zero-order valence-corrected chi connectivity index (χ0v) is 12.8. The van der Waals surface area contributed by atoms with E-state index in [2.05, 4.69) is 15.1 Å². The Bertz CT molecular complexity index is 704. The van der Waals surface area contributed by atoms with Crippen LogP contribution in [0.4, 0.5) is 0 Å². The smallest absolute Gasteiger partial charge is 0.140 e. The molecule has 0 bridgehead atoms. The standard InChI is InChI=1S/C17H18N4O/c1-13-6-3-10-17(19-13)14(2)21-22-11-5-9-15-7-4-8-16(12-18)20-15/h3-4,6-8,10H,5,9,11H2,1-2H3/b21-14-. The molecule has 0 amide bonds. The normalized spacial score (nSPS) is 11.0. The van der Waals surface area contributed by atoms with Crippen LogP contribution in [0.5, 0.6) is 0 Å². The summed E-state index contributed by atoms with van der Waals surface area (Å²) in [5.74, 6) is 0. The molecule has 0 unspecified atom stereocenters. The summed E-state index contributed by atoms with van der Waals surface area (Å²) in [5.41, 5.74) is 3.87. The van der Waals surface area contributed by atoms with Crippen molar-refractivity contribution < 1.29 is 4.84 Å². The van der Waals surface area contributed by atoms with Crippen LogP contribution in [0.25, 0.3) is 0 Å². The molecule has 5 heteroatoms. The number of pyridine rings is 2. The van der Waals surface area contributed by atoms with Crippen molar-refractivity contribution >= 4 is 5.71 Å². The zero-order chi connectivity index (χ0) is 15.8. The monoisotopic (exact) mass is 294 g/mol. The Morgan fingerprint density at radius 3 is 2.82 bits per heavy atom. The first-order valence-corrected chi connectivity index (χ1v) is 7.15. The molecule has 0 spiro atoms. The average molecular weight is 294 g/mol. The molecule has 0 saturated carbocycles. The highest BCUT2D eigenvalue weighted by molar-refractivity contribution is 5.96. The first-order valence-electron chi connectivity index (χ1n) is 7.15. The maximum Gasteiger partial charge on any atom is 0.140 e. The fraction of sp³-hybridized carbons (Fsp3) is 0.294. The van der Waals surface area contributed by atoms with E-state index in [1.807, 2.05) is 50.2 Å². The Morgan fingerprint density at radius 2 is 2.05 bits per heavy atom. The summed E-state index contributed by atoms with van der Waals surface area (Å²) < 4.78 is 0. The molecule has 112 valence electrons. The highest BCUT2D eigenvalue weighted by Gasteiger charge is 2.00. The van der Waals surface area contributed by atoms with Crippen LogP contribution in [-0.2, 0) is 11.3 Å². The highest BCUT2D eigenvalue weighted by Crippen LogP contribution is 2.03. The van der Waals surface area contributed by atoms with Gasteiger partial charge in [0.05, 0.1) is 5.69 Å². The molecule has 2 aromatic rings. The quantitative estimate of drug-likeness (QED) is 0.466. The number of nitrogens with zero attached hydrogens (tertiary/aromatic N) is 4. The van der Waals surface area contributed by atoms with Crippen LogP contribution in [-0.4, -0.2) is 22.3 Å². The first kappa shape index (κ1) is 15.6. The number of oxime groups is 1. The molecule has 0 fully saturated rings. The van der Waals surface area contributed by atoms with E-state index < -0.39 is 0 Å². The minimum atomic E-state index is 0.442. The Labute approximate surface area is 130 Å². The molecule has 2 aromatic heterocycles. The second-order valence-corrected chi connectivity index (χ2v) is 4.90. The predicted molar refractivity (Wildman–Crippen MR) is 84.4 cm³/mol. The largest absolute Gasteiger partial charge is 0.396 e. The average Bonchev–Trinajstić information content (AvgIpc) is 2.54. The zero-order valence-electron chi connectivity index (χ0n) is 12.8. The number of rotatable bonds is 6. The van der Waals surface area contributed by atoms with Gasteiger partial charge in [-0.3, -0.25) is 4.98 Å². The number of aromatic nitrogens is 2. The number of aryl methyl sites for hydroxylation is 2. The molecule has 0 N–H and O–H groups in total. The van der Waals surface area contributed by atoms with Crippen molar-refractivity contribution in [3.8, 4) is 6.07 Å². The summed E-state index contributed by atoms with van der Waals surface area (Å²) in [6.45, 7) is 4.32. The predicted octanol–water partition coefficient (Wildman–Crippen LogP) is 3.03. The molecule has 5 nitrogen and oxygen atoms in total. The summed E-state index contributed by atoms with van der Waals surface area (Å²) >= 11 is 0. The summed E-state index contributed by atoms with van der Waals surface area (Å²) in [7, 11) is 0. The van der Waals surface area contributed by atoms with Gasteiger partial charge in [0.2, 0.25) is 0 Å². The molecule has 0 aliphatic carbocycles. The third kappa shape index (κ3) is 4.67. The van der Waals surface area contributed by atoms with Crippen LogP contribution < -0.4 is 0 Å². The lowest BCUT2D eigenvalue weighted by Gasteiger charge is -2.03. The summed E-state index contributed by atoms with van der Waals surface area (Å²) in [6, 6.07) is 13.3. The van der Waals surface area contributed by atoms with Crippen molar-refractivity contribution in [1.82, 2.24) is 9.97 Å². The molecule has 0 saturated heterocycles. The van der Waals surface area contributed by atoms with Crippen molar-refractivity contribution in [3.05, 3.63) is 59.2 Å². The van der Waals surface area contributed by atoms with Gasteiger partial charge in [0.1, 0.15) is 24.1 Å². The molecule has 0 atom stereocenters. The Kier molecular flexibility index (Phi) is 5.61. The van der Waals surface area contributed by atoms with Gasteiger partial charge in [0.15, 0.2) is 0 Å². The van der Waals surface area contributed by atoms with Gasteiger partial charge in [-0.2, -0.15) is 5.26 Å². The molecule has 0 radical (unpaired) electrons. The summed E-state index contributed by atoms with van der Waals surface area (Å²) in [4.78, 5) is 13.9. The lowest BCUT2D eigenvalue weighted by Crippen LogP contribution is -2.02. The molecule has 2 heterocycles. The van der Waals surface area contributed by atoms with Crippen molar-refractivity contribution in [3.63, 3.8) is 0 Å². The van der Waals surface area contributed by atoms with Crippen molar-refractivity contribution in [1.29, 1.82) is 5.26 Å². The van der Waals surface area contributed by atoms with Gasteiger partial charge in [0, 0.05) is 11.4 Å². The molecule has 22 heavy (non-hydrogen) atoms. The van der Waals surface area contributed by atoms with E-state index in [1.165, 1.54) is 0 Å². The van der Waals surface area contributed by atoms with E-state index >= 15 is 0 Å². The maximum atomic E-state index is 8.80. The minimum absolute atomic E-state index is 0.442. The van der Waals surface area contributed by atoms with Crippen LogP contribution >= 0.6 is 0 Å². The second-order valence-electron chi connectivity index (χ2n) is 4.90. The van der Waals surface area contributed by atoms with Crippen LogP contribution in [0, 0.1) is 18.3 Å². The van der Waals surface area contributed by atoms with Gasteiger partial charge in [-0.05, 0) is 51.0 Å². The van der Waals surface area contributed by atoms with Crippen LogP contribution in [0.1, 0.15) is 36.1 Å². The van der Waals surface area contributed by atoms with Crippen molar-refractivity contribution in [2.45, 2.75) is 26.7 Å². The maximum absolute atomic E-state index is 8.80. The fourth-order valence-corrected chi connectivity index (χ4v) is 1.93. The van der Waals surface area contributed by atoms with Gasteiger partial charge in [-0.25, -0.2) is 4.98 Å². The van der Waals surface area contributed by atoms with Crippen LogP contribution in [0.3, 0.4) is 0 Å². The summed E-state index contributed by atoms with van der Waals surface area (Å²) in [6.07, 6.45) is 1.55. The van der Waals surface area contributed by atoms with Gasteiger partial charge < -0.3 is 4.84 Å². The van der Waals surface area contributed by atoms with Gasteiger partial charge >= 0.3 is 0 Å². The van der Waals surface area contributed by atoms with Gasteiger partial charge in [0.25, 0.3) is 0 Å². The van der Waals surface area contributed by atoms with E-state index in [4.69, 9.17) is 10.1 Å². The number of hydrogen-bond donors (Lipinski definition) is 0.